The van der Waals surface area contributed by atoms with Crippen molar-refractivity contribution in [1.82, 2.24) is 5.32 Å². The SMILES string of the molecule is Br.O.Oc1cc2c(cc1O)C(Cc1cccc3ccccc13)NCC2. The third-order valence-corrected chi connectivity index (χ3v) is 4.70. The molecule has 0 saturated carbocycles. The Morgan fingerprint density at radius 2 is 1.68 bits per heavy atom. The van der Waals surface area contributed by atoms with Gasteiger partial charge in [0.15, 0.2) is 11.5 Å². The van der Waals surface area contributed by atoms with E-state index >= 15 is 0 Å². The molecule has 0 fully saturated rings. The lowest BCUT2D eigenvalue weighted by Gasteiger charge is -2.28. The molecule has 1 unspecified atom stereocenters. The highest BCUT2D eigenvalue weighted by Gasteiger charge is 2.22. The number of phenolic OH excluding ortho intramolecular Hbond substituents is 2. The molecule has 3 aromatic carbocycles. The van der Waals surface area contributed by atoms with Gasteiger partial charge in [0.1, 0.15) is 0 Å². The average molecular weight is 404 g/mol. The second-order valence-corrected chi connectivity index (χ2v) is 6.14. The molecule has 0 aromatic heterocycles. The summed E-state index contributed by atoms with van der Waals surface area (Å²) < 4.78 is 0. The zero-order valence-electron chi connectivity index (χ0n) is 13.7. The first-order chi connectivity index (χ1) is 11.2. The summed E-state index contributed by atoms with van der Waals surface area (Å²) in [5.41, 5.74) is 3.49. The fourth-order valence-corrected chi connectivity index (χ4v) is 3.54. The van der Waals surface area contributed by atoms with Crippen LogP contribution in [0.2, 0.25) is 0 Å². The average Bonchev–Trinajstić information content (AvgIpc) is 2.57. The van der Waals surface area contributed by atoms with E-state index in [0.29, 0.717) is 0 Å². The molecule has 0 radical (unpaired) electrons. The van der Waals surface area contributed by atoms with Gasteiger partial charge in [-0.15, -0.1) is 17.0 Å². The molecule has 4 nitrogen and oxygen atoms in total. The lowest BCUT2D eigenvalue weighted by Crippen LogP contribution is -2.31. The minimum absolute atomic E-state index is 0. The molecule has 1 aliphatic heterocycles. The van der Waals surface area contributed by atoms with Crippen LogP contribution >= 0.6 is 17.0 Å². The minimum Gasteiger partial charge on any atom is -0.504 e. The van der Waals surface area contributed by atoms with Crippen LogP contribution in [0.1, 0.15) is 22.7 Å². The maximum Gasteiger partial charge on any atom is 0.157 e. The van der Waals surface area contributed by atoms with E-state index in [1.165, 1.54) is 16.3 Å². The van der Waals surface area contributed by atoms with E-state index in [2.05, 4.69) is 47.8 Å². The topological polar surface area (TPSA) is 84.0 Å². The number of phenols is 2. The van der Waals surface area contributed by atoms with Crippen molar-refractivity contribution in [3.05, 3.63) is 71.3 Å². The Balaban J connectivity index is 0.00000113. The molecule has 0 spiro atoms. The molecule has 3 aromatic rings. The lowest BCUT2D eigenvalue weighted by molar-refractivity contribution is 0.398. The van der Waals surface area contributed by atoms with Gasteiger partial charge in [0.25, 0.3) is 0 Å². The van der Waals surface area contributed by atoms with Crippen molar-refractivity contribution in [2.45, 2.75) is 18.9 Å². The quantitative estimate of drug-likeness (QED) is 0.573. The first-order valence-electron chi connectivity index (χ1n) is 7.97. The van der Waals surface area contributed by atoms with Gasteiger partial charge in [-0.05, 0) is 59.0 Å². The number of hydrogen-bond acceptors (Lipinski definition) is 3. The van der Waals surface area contributed by atoms with Gasteiger partial charge < -0.3 is 21.0 Å². The third kappa shape index (κ3) is 3.63. The zero-order chi connectivity index (χ0) is 15.8. The molecule has 0 aliphatic carbocycles. The Morgan fingerprint density at radius 3 is 2.52 bits per heavy atom. The van der Waals surface area contributed by atoms with E-state index in [1.54, 1.807) is 12.1 Å². The van der Waals surface area contributed by atoms with Crippen molar-refractivity contribution in [3.8, 4) is 11.5 Å². The summed E-state index contributed by atoms with van der Waals surface area (Å²) in [4.78, 5) is 0. The molecule has 4 rings (SSSR count). The van der Waals surface area contributed by atoms with Crippen molar-refractivity contribution in [2.24, 2.45) is 0 Å². The molecular weight excluding hydrogens is 382 g/mol. The lowest BCUT2D eigenvalue weighted by atomic mass is 9.88. The maximum atomic E-state index is 9.85. The normalized spacial score (nSPS) is 15.8. The molecular formula is C20H22BrNO3. The number of aromatic hydroxyl groups is 2. The van der Waals surface area contributed by atoms with Crippen molar-refractivity contribution in [2.75, 3.05) is 6.54 Å². The Labute approximate surface area is 157 Å². The molecule has 132 valence electrons. The van der Waals surface area contributed by atoms with Crippen LogP contribution < -0.4 is 5.32 Å². The summed E-state index contributed by atoms with van der Waals surface area (Å²) in [7, 11) is 0. The summed E-state index contributed by atoms with van der Waals surface area (Å²) in [5, 5.41) is 25.6. The number of benzene rings is 3. The van der Waals surface area contributed by atoms with E-state index < -0.39 is 0 Å². The summed E-state index contributed by atoms with van der Waals surface area (Å²) in [5.74, 6) is -0.0788. The Kier molecular flexibility index (Phi) is 6.06. The monoisotopic (exact) mass is 403 g/mol. The number of fused-ring (bicyclic) bond motifs is 2. The van der Waals surface area contributed by atoms with Crippen LogP contribution in [-0.4, -0.2) is 22.2 Å². The molecule has 1 heterocycles. The van der Waals surface area contributed by atoms with Gasteiger partial charge in [0.2, 0.25) is 0 Å². The van der Waals surface area contributed by atoms with Crippen LogP contribution in [0.5, 0.6) is 11.5 Å². The summed E-state index contributed by atoms with van der Waals surface area (Å²) in [6.45, 7) is 0.882. The summed E-state index contributed by atoms with van der Waals surface area (Å²) in [6, 6.07) is 18.3. The Hall–Kier alpha value is -2.08. The van der Waals surface area contributed by atoms with E-state index in [1.807, 2.05) is 0 Å². The number of nitrogens with one attached hydrogen (secondary N) is 1. The highest BCUT2D eigenvalue weighted by molar-refractivity contribution is 8.93. The van der Waals surface area contributed by atoms with Gasteiger partial charge >= 0.3 is 0 Å². The fourth-order valence-electron chi connectivity index (χ4n) is 3.54. The molecule has 5 N–H and O–H groups in total. The van der Waals surface area contributed by atoms with Crippen LogP contribution in [-0.2, 0) is 12.8 Å². The Bertz CT molecular complexity index is 877. The molecule has 5 heteroatoms. The van der Waals surface area contributed by atoms with Crippen LogP contribution in [0.4, 0.5) is 0 Å². The fraction of sp³-hybridized carbons (Fsp3) is 0.200. The first-order valence-corrected chi connectivity index (χ1v) is 7.97. The highest BCUT2D eigenvalue weighted by atomic mass is 79.9. The van der Waals surface area contributed by atoms with Crippen molar-refractivity contribution in [1.29, 1.82) is 0 Å². The largest absolute Gasteiger partial charge is 0.504 e. The van der Waals surface area contributed by atoms with E-state index in [9.17, 15) is 10.2 Å². The van der Waals surface area contributed by atoms with E-state index in [0.717, 1.165) is 30.5 Å². The van der Waals surface area contributed by atoms with Gasteiger partial charge in [-0.3, -0.25) is 0 Å². The van der Waals surface area contributed by atoms with Crippen molar-refractivity contribution in [3.63, 3.8) is 0 Å². The molecule has 0 bridgehead atoms. The second kappa shape index (κ2) is 7.87. The number of rotatable bonds is 2. The van der Waals surface area contributed by atoms with Crippen LogP contribution in [0.3, 0.4) is 0 Å². The van der Waals surface area contributed by atoms with Gasteiger partial charge in [0.05, 0.1) is 0 Å². The zero-order valence-corrected chi connectivity index (χ0v) is 15.4. The van der Waals surface area contributed by atoms with Crippen molar-refractivity contribution >= 4 is 27.8 Å². The molecule has 25 heavy (non-hydrogen) atoms. The highest BCUT2D eigenvalue weighted by Crippen LogP contribution is 2.35. The standard InChI is InChI=1S/C20H19NO2.BrH.H2O/c22-19-11-15-8-9-21-18(17(15)12-20(19)23)10-14-6-3-5-13-4-1-2-7-16(13)14;;/h1-7,11-12,18,21-23H,8-10H2;1H;1H2. The Morgan fingerprint density at radius 1 is 0.960 bits per heavy atom. The van der Waals surface area contributed by atoms with Crippen LogP contribution in [0.15, 0.2) is 54.6 Å². The van der Waals surface area contributed by atoms with E-state index in [-0.39, 0.29) is 40.0 Å². The third-order valence-electron chi connectivity index (χ3n) is 4.70. The summed E-state index contributed by atoms with van der Waals surface area (Å²) in [6.07, 6.45) is 1.73. The number of halogens is 1. The van der Waals surface area contributed by atoms with Crippen LogP contribution in [0, 0.1) is 0 Å². The predicted molar refractivity (Wildman–Crippen MR) is 106 cm³/mol. The maximum absolute atomic E-state index is 9.85. The molecule has 1 atom stereocenters. The van der Waals surface area contributed by atoms with Gasteiger partial charge in [0, 0.05) is 6.04 Å². The van der Waals surface area contributed by atoms with Crippen LogP contribution in [0.25, 0.3) is 10.8 Å². The van der Waals surface area contributed by atoms with E-state index in [4.69, 9.17) is 0 Å². The first kappa shape index (κ1) is 19.2. The molecule has 0 saturated heterocycles. The van der Waals surface area contributed by atoms with Gasteiger partial charge in [-0.2, -0.15) is 0 Å². The molecule has 1 aliphatic rings. The van der Waals surface area contributed by atoms with Gasteiger partial charge in [-0.25, -0.2) is 0 Å². The summed E-state index contributed by atoms with van der Waals surface area (Å²) >= 11 is 0. The minimum atomic E-state index is -0.0460. The second-order valence-electron chi connectivity index (χ2n) is 6.14. The predicted octanol–water partition coefficient (Wildman–Crippen LogP) is 3.43. The molecule has 0 amide bonds. The van der Waals surface area contributed by atoms with Gasteiger partial charge in [-0.1, -0.05) is 42.5 Å². The number of hydrogen-bond donors (Lipinski definition) is 3. The smallest absolute Gasteiger partial charge is 0.157 e. The van der Waals surface area contributed by atoms with Crippen molar-refractivity contribution < 1.29 is 15.7 Å².